The standard InChI is InChI=1S/C20H21ClF5N3O3/c21-14-6-10-5-11(8-27-15(10)7-16(14)32-19(22)23)18(31)29-13-3-1-12(2-4-13)28-17(9-30)20(24,25)26/h5-8,12-13,17,19,28,30H,1-4,9H2,(H,29,31)/t12-,13-,17-/m1/s1. The number of carbonyl (C=O) groups excluding carboxylic acids is 1. The molecule has 32 heavy (non-hydrogen) atoms. The molecule has 0 saturated heterocycles. The highest BCUT2D eigenvalue weighted by Crippen LogP contribution is 2.31. The molecule has 1 aliphatic carbocycles. The van der Waals surface area contributed by atoms with E-state index in [0.29, 0.717) is 36.6 Å². The van der Waals surface area contributed by atoms with Crippen molar-refractivity contribution < 1.29 is 36.6 Å². The van der Waals surface area contributed by atoms with Crippen molar-refractivity contribution in [2.24, 2.45) is 0 Å². The molecule has 1 aromatic carbocycles. The lowest BCUT2D eigenvalue weighted by atomic mass is 9.90. The molecule has 1 heterocycles. The second-order valence-corrected chi connectivity index (χ2v) is 7.95. The summed E-state index contributed by atoms with van der Waals surface area (Å²) in [6.07, 6.45) is -1.47. The van der Waals surface area contributed by atoms with E-state index in [1.807, 2.05) is 0 Å². The number of benzene rings is 1. The normalized spacial score (nSPS) is 20.4. The minimum absolute atomic E-state index is 0.0528. The summed E-state index contributed by atoms with van der Waals surface area (Å²) in [6.45, 7) is -4.07. The molecule has 0 bridgehead atoms. The summed E-state index contributed by atoms with van der Waals surface area (Å²) in [5, 5.41) is 14.6. The first-order chi connectivity index (χ1) is 15.1. The second kappa shape index (κ2) is 10.1. The van der Waals surface area contributed by atoms with Crippen molar-refractivity contribution in [2.45, 2.75) is 56.6 Å². The molecule has 1 aromatic heterocycles. The van der Waals surface area contributed by atoms with Crippen LogP contribution in [0.25, 0.3) is 10.9 Å². The van der Waals surface area contributed by atoms with Crippen LogP contribution in [-0.2, 0) is 0 Å². The number of alkyl halides is 5. The fourth-order valence-corrected chi connectivity index (χ4v) is 3.86. The van der Waals surface area contributed by atoms with Gasteiger partial charge in [-0.3, -0.25) is 9.78 Å². The van der Waals surface area contributed by atoms with Crippen LogP contribution in [-0.4, -0.2) is 53.5 Å². The van der Waals surface area contributed by atoms with Crippen molar-refractivity contribution in [1.82, 2.24) is 15.6 Å². The lowest BCUT2D eigenvalue weighted by molar-refractivity contribution is -0.166. The van der Waals surface area contributed by atoms with Crippen molar-refractivity contribution in [3.63, 3.8) is 0 Å². The highest BCUT2D eigenvalue weighted by molar-refractivity contribution is 6.32. The van der Waals surface area contributed by atoms with Crippen molar-refractivity contribution in [1.29, 1.82) is 0 Å². The van der Waals surface area contributed by atoms with Gasteiger partial charge in [-0.15, -0.1) is 0 Å². The molecular weight excluding hydrogens is 461 g/mol. The zero-order chi connectivity index (χ0) is 23.5. The Kier molecular flexibility index (Phi) is 7.73. The number of ether oxygens (including phenoxy) is 1. The summed E-state index contributed by atoms with van der Waals surface area (Å²) in [5.41, 5.74) is 0.546. The molecule has 6 nitrogen and oxygen atoms in total. The molecule has 3 N–H and O–H groups in total. The fourth-order valence-electron chi connectivity index (χ4n) is 3.65. The van der Waals surface area contributed by atoms with Crippen LogP contribution in [0, 0.1) is 0 Å². The Balaban J connectivity index is 1.59. The lowest BCUT2D eigenvalue weighted by Crippen LogP contribution is -2.51. The highest BCUT2D eigenvalue weighted by atomic mass is 35.5. The molecular formula is C20H21ClF5N3O3. The molecule has 1 amide bonds. The SMILES string of the molecule is O=C(N[C@H]1CC[C@H](N[C@H](CO)C(F)(F)F)CC1)c1cnc2cc(OC(F)F)c(Cl)cc2c1. The highest BCUT2D eigenvalue weighted by Gasteiger charge is 2.40. The number of amides is 1. The van der Waals surface area contributed by atoms with Gasteiger partial charge >= 0.3 is 12.8 Å². The quantitative estimate of drug-likeness (QED) is 0.520. The average molecular weight is 482 g/mol. The van der Waals surface area contributed by atoms with E-state index >= 15 is 0 Å². The van der Waals surface area contributed by atoms with E-state index in [1.54, 1.807) is 0 Å². The Morgan fingerprint density at radius 3 is 2.44 bits per heavy atom. The number of rotatable bonds is 7. The molecule has 0 radical (unpaired) electrons. The van der Waals surface area contributed by atoms with Crippen LogP contribution in [0.15, 0.2) is 24.4 Å². The summed E-state index contributed by atoms with van der Waals surface area (Å²) < 4.78 is 67.6. The Morgan fingerprint density at radius 2 is 1.84 bits per heavy atom. The largest absolute Gasteiger partial charge is 0.433 e. The Hall–Kier alpha value is -2.24. The molecule has 2 aromatic rings. The summed E-state index contributed by atoms with van der Waals surface area (Å²) in [6, 6.07) is 1.53. The molecule has 0 spiro atoms. The predicted octanol–water partition coefficient (Wildman–Crippen LogP) is 4.04. The van der Waals surface area contributed by atoms with E-state index in [-0.39, 0.29) is 22.4 Å². The van der Waals surface area contributed by atoms with Crippen LogP contribution in [0.3, 0.4) is 0 Å². The number of hydrogen-bond acceptors (Lipinski definition) is 5. The number of aliphatic hydroxyl groups is 1. The van der Waals surface area contributed by atoms with Gasteiger partial charge in [-0.25, -0.2) is 0 Å². The topological polar surface area (TPSA) is 83.5 Å². The van der Waals surface area contributed by atoms with Crippen molar-refractivity contribution in [3.05, 3.63) is 35.0 Å². The van der Waals surface area contributed by atoms with E-state index in [0.717, 1.165) is 0 Å². The number of aliphatic hydroxyl groups excluding tert-OH is 1. The molecule has 1 fully saturated rings. The van der Waals surface area contributed by atoms with Gasteiger partial charge in [-0.05, 0) is 37.8 Å². The van der Waals surface area contributed by atoms with Crippen LogP contribution in [0.4, 0.5) is 22.0 Å². The summed E-state index contributed by atoms with van der Waals surface area (Å²) in [5.74, 6) is -0.637. The molecule has 0 aliphatic heterocycles. The van der Waals surface area contributed by atoms with Crippen molar-refractivity contribution in [2.75, 3.05) is 6.61 Å². The van der Waals surface area contributed by atoms with Crippen LogP contribution < -0.4 is 15.4 Å². The van der Waals surface area contributed by atoms with Gasteiger partial charge in [0.2, 0.25) is 0 Å². The van der Waals surface area contributed by atoms with E-state index in [1.165, 1.54) is 24.4 Å². The van der Waals surface area contributed by atoms with Gasteiger partial charge < -0.3 is 20.5 Å². The minimum Gasteiger partial charge on any atom is -0.433 e. The van der Waals surface area contributed by atoms with Gasteiger partial charge in [0, 0.05) is 29.7 Å². The minimum atomic E-state index is -4.53. The Bertz CT molecular complexity index is 952. The van der Waals surface area contributed by atoms with E-state index in [4.69, 9.17) is 16.7 Å². The summed E-state index contributed by atoms with van der Waals surface area (Å²) in [4.78, 5) is 16.7. The van der Waals surface area contributed by atoms with Crippen LogP contribution >= 0.6 is 11.6 Å². The zero-order valence-electron chi connectivity index (χ0n) is 16.6. The smallest absolute Gasteiger partial charge is 0.406 e. The van der Waals surface area contributed by atoms with Gasteiger partial charge in [0.15, 0.2) is 0 Å². The number of nitrogens with zero attached hydrogens (tertiary/aromatic N) is 1. The molecule has 0 unspecified atom stereocenters. The van der Waals surface area contributed by atoms with Gasteiger partial charge in [-0.1, -0.05) is 11.6 Å². The van der Waals surface area contributed by atoms with Crippen molar-refractivity contribution >= 4 is 28.4 Å². The first-order valence-corrected chi connectivity index (χ1v) is 10.2. The maximum atomic E-state index is 12.8. The molecule has 12 heteroatoms. The predicted molar refractivity (Wildman–Crippen MR) is 107 cm³/mol. The number of hydrogen-bond donors (Lipinski definition) is 3. The van der Waals surface area contributed by atoms with Crippen molar-refractivity contribution in [3.8, 4) is 5.75 Å². The second-order valence-electron chi connectivity index (χ2n) is 7.54. The number of nitrogens with one attached hydrogen (secondary N) is 2. The van der Waals surface area contributed by atoms with Crippen LogP contribution in [0.5, 0.6) is 5.75 Å². The third-order valence-electron chi connectivity index (χ3n) is 5.29. The Labute approximate surface area is 185 Å². The van der Waals surface area contributed by atoms with E-state index in [9.17, 15) is 26.7 Å². The number of pyridine rings is 1. The average Bonchev–Trinajstić information content (AvgIpc) is 2.72. The van der Waals surface area contributed by atoms with Gasteiger partial charge in [0.25, 0.3) is 5.91 Å². The molecule has 1 aliphatic rings. The van der Waals surface area contributed by atoms with E-state index < -0.39 is 37.4 Å². The van der Waals surface area contributed by atoms with E-state index in [2.05, 4.69) is 20.4 Å². The Morgan fingerprint density at radius 1 is 1.19 bits per heavy atom. The maximum Gasteiger partial charge on any atom is 0.406 e. The molecule has 176 valence electrons. The molecule has 3 rings (SSSR count). The molecule has 1 saturated carbocycles. The van der Waals surface area contributed by atoms with Gasteiger partial charge in [0.05, 0.1) is 22.7 Å². The third kappa shape index (κ3) is 6.17. The zero-order valence-corrected chi connectivity index (χ0v) is 17.4. The number of aromatic nitrogens is 1. The number of halogens is 6. The van der Waals surface area contributed by atoms with Crippen LogP contribution in [0.1, 0.15) is 36.0 Å². The molecule has 1 atom stereocenters. The van der Waals surface area contributed by atoms with Crippen LogP contribution in [0.2, 0.25) is 5.02 Å². The number of carbonyl (C=O) groups is 1. The maximum absolute atomic E-state index is 12.8. The number of fused-ring (bicyclic) bond motifs is 1. The fraction of sp³-hybridized carbons (Fsp3) is 0.500. The first-order valence-electron chi connectivity index (χ1n) is 9.85. The monoisotopic (exact) mass is 481 g/mol. The first kappa shape index (κ1) is 24.4. The summed E-state index contributed by atoms with van der Waals surface area (Å²) >= 11 is 5.94. The third-order valence-corrected chi connectivity index (χ3v) is 5.59. The van der Waals surface area contributed by atoms with Gasteiger partial charge in [0.1, 0.15) is 11.8 Å². The summed E-state index contributed by atoms with van der Waals surface area (Å²) in [7, 11) is 0. The van der Waals surface area contributed by atoms with Gasteiger partial charge in [-0.2, -0.15) is 22.0 Å². The lowest BCUT2D eigenvalue weighted by Gasteiger charge is -2.32.